The van der Waals surface area contributed by atoms with Gasteiger partial charge in [0.25, 0.3) is 5.91 Å². The number of piperazine rings is 1. The van der Waals surface area contributed by atoms with Gasteiger partial charge in [-0.25, -0.2) is 9.50 Å². The van der Waals surface area contributed by atoms with Crippen molar-refractivity contribution < 1.29 is 4.79 Å². The maximum absolute atomic E-state index is 12.8. The van der Waals surface area contributed by atoms with Crippen molar-refractivity contribution in [1.82, 2.24) is 24.8 Å². The number of aromatic nitrogens is 3. The lowest BCUT2D eigenvalue weighted by molar-refractivity contribution is 0.0936. The first kappa shape index (κ1) is 18.1. The summed E-state index contributed by atoms with van der Waals surface area (Å²) in [5, 5.41) is 7.84. The summed E-state index contributed by atoms with van der Waals surface area (Å²) in [6.07, 6.45) is 5.37. The van der Waals surface area contributed by atoms with Gasteiger partial charge in [-0.3, -0.25) is 4.79 Å². The third-order valence-corrected chi connectivity index (χ3v) is 6.14. The highest BCUT2D eigenvalue weighted by atomic mass is 16.1. The third kappa shape index (κ3) is 3.46. The van der Waals surface area contributed by atoms with E-state index in [1.165, 1.54) is 11.1 Å². The smallest absolute Gasteiger partial charge is 0.254 e. The zero-order valence-corrected chi connectivity index (χ0v) is 16.7. The predicted octanol–water partition coefficient (Wildman–Crippen LogP) is 2.29. The number of hydrogen-bond donors (Lipinski definition) is 1. The van der Waals surface area contributed by atoms with Gasteiger partial charge in [0.15, 0.2) is 11.5 Å². The number of carbonyl (C=O) groups is 1. The van der Waals surface area contributed by atoms with Crippen LogP contribution in [0.2, 0.25) is 0 Å². The Labute approximate surface area is 170 Å². The zero-order valence-electron chi connectivity index (χ0n) is 16.7. The lowest BCUT2D eigenvalue weighted by Crippen LogP contribution is -2.46. The van der Waals surface area contributed by atoms with Crippen LogP contribution in [0, 0.1) is 0 Å². The van der Waals surface area contributed by atoms with Gasteiger partial charge < -0.3 is 15.1 Å². The Balaban J connectivity index is 1.32. The first-order valence-corrected chi connectivity index (χ1v) is 10.4. The van der Waals surface area contributed by atoms with E-state index in [4.69, 9.17) is 0 Å². The number of likely N-dealkylation sites (N-methyl/N-ethyl adjacent to an activating group) is 1. The van der Waals surface area contributed by atoms with Crippen molar-refractivity contribution in [2.75, 3.05) is 37.6 Å². The van der Waals surface area contributed by atoms with Crippen LogP contribution < -0.4 is 10.2 Å². The maximum Gasteiger partial charge on any atom is 0.254 e. The van der Waals surface area contributed by atoms with Crippen LogP contribution in [0.25, 0.3) is 5.65 Å². The van der Waals surface area contributed by atoms with Crippen molar-refractivity contribution in [3.8, 4) is 0 Å². The lowest BCUT2D eigenvalue weighted by Gasteiger charge is -2.33. The van der Waals surface area contributed by atoms with E-state index >= 15 is 0 Å². The fraction of sp³-hybridized carbons (Fsp3) is 0.409. The number of aryl methyl sites for hydroxylation is 1. The molecule has 2 aromatic heterocycles. The minimum absolute atomic E-state index is 0.0671. The Morgan fingerprint density at radius 3 is 2.86 bits per heavy atom. The first-order valence-electron chi connectivity index (χ1n) is 10.4. The normalized spacial score (nSPS) is 19.5. The number of benzene rings is 1. The van der Waals surface area contributed by atoms with E-state index in [-0.39, 0.29) is 11.9 Å². The minimum atomic E-state index is -0.102. The molecule has 7 heteroatoms. The van der Waals surface area contributed by atoms with Crippen molar-refractivity contribution in [1.29, 1.82) is 0 Å². The number of fused-ring (bicyclic) bond motifs is 2. The van der Waals surface area contributed by atoms with E-state index in [0.29, 0.717) is 5.56 Å². The largest absolute Gasteiger partial charge is 0.353 e. The number of amides is 1. The molecule has 3 aromatic rings. The van der Waals surface area contributed by atoms with E-state index in [9.17, 15) is 4.79 Å². The molecule has 0 unspecified atom stereocenters. The second kappa shape index (κ2) is 7.48. The topological polar surface area (TPSA) is 65.8 Å². The molecule has 150 valence electrons. The molecule has 0 saturated carbocycles. The highest BCUT2D eigenvalue weighted by molar-refractivity contribution is 5.94. The van der Waals surface area contributed by atoms with Crippen LogP contribution in [-0.2, 0) is 6.42 Å². The highest BCUT2D eigenvalue weighted by Gasteiger charge is 2.24. The molecule has 1 aliphatic heterocycles. The summed E-state index contributed by atoms with van der Waals surface area (Å²) in [7, 11) is 0. The lowest BCUT2D eigenvalue weighted by atomic mass is 10.1. The van der Waals surface area contributed by atoms with E-state index in [1.807, 2.05) is 12.1 Å². The Hall–Kier alpha value is -2.93. The van der Waals surface area contributed by atoms with Gasteiger partial charge in [-0.05, 0) is 30.5 Å². The van der Waals surface area contributed by atoms with E-state index in [0.717, 1.165) is 57.0 Å². The fourth-order valence-electron chi connectivity index (χ4n) is 4.38. The molecule has 1 fully saturated rings. The van der Waals surface area contributed by atoms with Gasteiger partial charge >= 0.3 is 0 Å². The van der Waals surface area contributed by atoms with Gasteiger partial charge in [-0.15, -0.1) is 5.10 Å². The third-order valence-electron chi connectivity index (χ3n) is 6.14. The van der Waals surface area contributed by atoms with Crippen LogP contribution in [0.5, 0.6) is 0 Å². The molecule has 29 heavy (non-hydrogen) atoms. The summed E-state index contributed by atoms with van der Waals surface area (Å²) >= 11 is 0. The van der Waals surface area contributed by atoms with Gasteiger partial charge in [-0.1, -0.05) is 31.2 Å². The highest BCUT2D eigenvalue weighted by Crippen LogP contribution is 2.30. The second-order valence-corrected chi connectivity index (χ2v) is 7.83. The molecule has 3 heterocycles. The molecule has 0 bridgehead atoms. The second-order valence-electron chi connectivity index (χ2n) is 7.83. The van der Waals surface area contributed by atoms with Crippen molar-refractivity contribution in [2.45, 2.75) is 25.8 Å². The Morgan fingerprint density at radius 2 is 2.03 bits per heavy atom. The van der Waals surface area contributed by atoms with E-state index < -0.39 is 0 Å². The van der Waals surface area contributed by atoms with Crippen LogP contribution in [0.4, 0.5) is 5.82 Å². The SMILES string of the molecule is CCN1CCN(c2cc3ncc(C(=O)N[C@H]4CCc5ccccc54)cn3n2)CC1. The molecule has 0 radical (unpaired) electrons. The molecule has 0 spiro atoms. The number of anilines is 1. The molecule has 2 aliphatic rings. The van der Waals surface area contributed by atoms with Crippen molar-refractivity contribution in [2.24, 2.45) is 0 Å². The molecule has 1 saturated heterocycles. The van der Waals surface area contributed by atoms with Gasteiger partial charge in [0.1, 0.15) is 0 Å². The predicted molar refractivity (Wildman–Crippen MR) is 112 cm³/mol. The molecular formula is C22H26N6O. The van der Waals surface area contributed by atoms with Crippen LogP contribution in [-0.4, -0.2) is 58.1 Å². The molecule has 5 rings (SSSR count). The molecule has 1 amide bonds. The number of nitrogens with zero attached hydrogens (tertiary/aromatic N) is 5. The maximum atomic E-state index is 12.8. The average Bonchev–Trinajstić information content (AvgIpc) is 3.37. The zero-order chi connectivity index (χ0) is 19.8. The van der Waals surface area contributed by atoms with Gasteiger partial charge in [-0.2, -0.15) is 0 Å². The summed E-state index contributed by atoms with van der Waals surface area (Å²) in [6, 6.07) is 10.4. The van der Waals surface area contributed by atoms with Gasteiger partial charge in [0.2, 0.25) is 0 Å². The summed E-state index contributed by atoms with van der Waals surface area (Å²) in [5.41, 5.74) is 3.85. The van der Waals surface area contributed by atoms with Crippen LogP contribution in [0.3, 0.4) is 0 Å². The number of nitrogens with one attached hydrogen (secondary N) is 1. The van der Waals surface area contributed by atoms with Gasteiger partial charge in [0.05, 0.1) is 11.6 Å². The van der Waals surface area contributed by atoms with Crippen LogP contribution in [0.15, 0.2) is 42.7 Å². The average molecular weight is 390 g/mol. The van der Waals surface area contributed by atoms with Crippen LogP contribution in [0.1, 0.15) is 40.9 Å². The minimum Gasteiger partial charge on any atom is -0.353 e. The number of rotatable bonds is 4. The summed E-state index contributed by atoms with van der Waals surface area (Å²) in [4.78, 5) is 22.0. The van der Waals surface area contributed by atoms with E-state index in [1.54, 1.807) is 16.9 Å². The fourth-order valence-corrected chi connectivity index (χ4v) is 4.38. The molecule has 1 N–H and O–H groups in total. The Bertz CT molecular complexity index is 1040. The summed E-state index contributed by atoms with van der Waals surface area (Å²) in [6.45, 7) is 7.31. The molecule has 1 aliphatic carbocycles. The summed E-state index contributed by atoms with van der Waals surface area (Å²) < 4.78 is 1.72. The van der Waals surface area contributed by atoms with Crippen molar-refractivity contribution in [3.63, 3.8) is 0 Å². The molecular weight excluding hydrogens is 364 g/mol. The number of carbonyl (C=O) groups excluding carboxylic acids is 1. The van der Waals surface area contributed by atoms with E-state index in [2.05, 4.69) is 50.3 Å². The molecule has 1 aromatic carbocycles. The van der Waals surface area contributed by atoms with Gasteiger partial charge in [0, 0.05) is 44.6 Å². The summed E-state index contributed by atoms with van der Waals surface area (Å²) in [5.74, 6) is 0.824. The first-order chi connectivity index (χ1) is 14.2. The monoisotopic (exact) mass is 390 g/mol. The number of hydrogen-bond acceptors (Lipinski definition) is 5. The van der Waals surface area contributed by atoms with Crippen molar-refractivity contribution in [3.05, 3.63) is 59.4 Å². The molecule has 1 atom stereocenters. The standard InChI is InChI=1S/C22H26N6O/c1-2-26-9-11-27(12-10-26)21-13-20-23-14-17(15-28(20)25-21)22(29)24-19-8-7-16-5-3-4-6-18(16)19/h3-6,13-15,19H,2,7-12H2,1H3,(H,24,29)/t19-/m0/s1. The van der Waals surface area contributed by atoms with Crippen LogP contribution >= 0.6 is 0 Å². The molecule has 7 nitrogen and oxygen atoms in total. The quantitative estimate of drug-likeness (QED) is 0.740. The Kier molecular flexibility index (Phi) is 4.67. The van der Waals surface area contributed by atoms with Crippen molar-refractivity contribution >= 4 is 17.4 Å². The Morgan fingerprint density at radius 1 is 1.21 bits per heavy atom.